The van der Waals surface area contributed by atoms with Gasteiger partial charge in [-0.15, -0.1) is 0 Å². The monoisotopic (exact) mass is 355 g/mol. The number of ether oxygens (including phenoxy) is 1. The highest BCUT2D eigenvalue weighted by Gasteiger charge is 2.10. The zero-order chi connectivity index (χ0) is 17.3. The minimum atomic E-state index is 0.436. The molecule has 0 aliphatic carbocycles. The Bertz CT molecular complexity index is 699. The van der Waals surface area contributed by atoms with Crippen LogP contribution in [0.25, 0.3) is 0 Å². The summed E-state index contributed by atoms with van der Waals surface area (Å²) in [7, 11) is 0. The number of benzene rings is 1. The predicted octanol–water partition coefficient (Wildman–Crippen LogP) is 2.23. The molecule has 2 N–H and O–H groups in total. The quantitative estimate of drug-likeness (QED) is 0.487. The van der Waals surface area contributed by atoms with Crippen molar-refractivity contribution in [3.63, 3.8) is 0 Å². The van der Waals surface area contributed by atoms with Crippen molar-refractivity contribution < 1.29 is 4.74 Å². The van der Waals surface area contributed by atoms with Gasteiger partial charge < -0.3 is 10.1 Å². The summed E-state index contributed by atoms with van der Waals surface area (Å²) in [4.78, 5) is 6.78. The topological polar surface area (TPSA) is 61.8 Å². The molecule has 7 heteroatoms. The van der Waals surface area contributed by atoms with Crippen LogP contribution in [0, 0.1) is 0 Å². The van der Waals surface area contributed by atoms with E-state index in [4.69, 9.17) is 17.0 Å². The lowest BCUT2D eigenvalue weighted by molar-refractivity contribution is 0.0341. The lowest BCUT2D eigenvalue weighted by Crippen LogP contribution is -2.35. The van der Waals surface area contributed by atoms with E-state index in [1.807, 2.05) is 42.6 Å². The number of hydrazone groups is 1. The van der Waals surface area contributed by atoms with E-state index in [0.29, 0.717) is 5.11 Å². The second-order valence-corrected chi connectivity index (χ2v) is 6.08. The molecule has 6 nitrogen and oxygen atoms in total. The number of hydrogen-bond acceptors (Lipinski definition) is 5. The molecular formula is C18H21N5OS. The number of para-hydroxylation sites is 1. The third-order valence-corrected chi connectivity index (χ3v) is 3.95. The zero-order valence-electron chi connectivity index (χ0n) is 13.9. The Hall–Kier alpha value is -2.35. The number of rotatable bonds is 5. The van der Waals surface area contributed by atoms with Crippen molar-refractivity contribution in [2.24, 2.45) is 5.10 Å². The van der Waals surface area contributed by atoms with E-state index < -0.39 is 0 Å². The number of pyridine rings is 1. The standard InChI is InChI=1S/C18H21N5OS/c25-18(21-16-4-2-1-3-5-16)22-20-13-17-7-6-15(12-19-17)14-23-8-10-24-11-9-23/h1-7,12-13H,8-11,14H2,(H2,21,22,25)/b20-13+. The van der Waals surface area contributed by atoms with Crippen molar-refractivity contribution in [1.29, 1.82) is 0 Å². The maximum Gasteiger partial charge on any atom is 0.191 e. The molecule has 1 aliphatic rings. The molecule has 0 radical (unpaired) electrons. The highest BCUT2D eigenvalue weighted by molar-refractivity contribution is 7.80. The molecule has 1 aromatic heterocycles. The van der Waals surface area contributed by atoms with Crippen LogP contribution in [0.5, 0.6) is 0 Å². The maximum atomic E-state index is 5.36. The van der Waals surface area contributed by atoms with Crippen molar-refractivity contribution >= 4 is 29.2 Å². The van der Waals surface area contributed by atoms with Crippen LogP contribution in [0.3, 0.4) is 0 Å². The minimum absolute atomic E-state index is 0.436. The molecule has 1 aliphatic heterocycles. The first-order chi connectivity index (χ1) is 12.3. The summed E-state index contributed by atoms with van der Waals surface area (Å²) in [6.45, 7) is 4.45. The SMILES string of the molecule is S=C(N/N=C/c1ccc(CN2CCOCC2)cn1)Nc1ccccc1. The molecule has 130 valence electrons. The average molecular weight is 355 g/mol. The van der Waals surface area contributed by atoms with Gasteiger partial charge in [0, 0.05) is 31.5 Å². The van der Waals surface area contributed by atoms with Gasteiger partial charge in [-0.05, 0) is 36.0 Å². The molecule has 0 bridgehead atoms. The van der Waals surface area contributed by atoms with E-state index in [0.717, 1.165) is 44.2 Å². The zero-order valence-corrected chi connectivity index (χ0v) is 14.7. The highest BCUT2D eigenvalue weighted by atomic mass is 32.1. The molecule has 2 heterocycles. The van der Waals surface area contributed by atoms with Gasteiger partial charge in [-0.25, -0.2) is 0 Å². The second-order valence-electron chi connectivity index (χ2n) is 5.67. The van der Waals surface area contributed by atoms with E-state index in [2.05, 4.69) is 31.8 Å². The van der Waals surface area contributed by atoms with Crippen LogP contribution >= 0.6 is 12.2 Å². The summed E-state index contributed by atoms with van der Waals surface area (Å²) in [6.07, 6.45) is 3.54. The Labute approximate surface area is 152 Å². The third kappa shape index (κ3) is 5.90. The Kier molecular flexibility index (Phi) is 6.44. The number of morpholine rings is 1. The molecule has 0 saturated carbocycles. The van der Waals surface area contributed by atoms with Gasteiger partial charge in [0.2, 0.25) is 0 Å². The Morgan fingerprint density at radius 1 is 1.20 bits per heavy atom. The fourth-order valence-electron chi connectivity index (χ4n) is 2.46. The molecule has 1 saturated heterocycles. The average Bonchev–Trinajstić information content (AvgIpc) is 2.65. The van der Waals surface area contributed by atoms with E-state index in [9.17, 15) is 0 Å². The van der Waals surface area contributed by atoms with Crippen LogP contribution in [0.1, 0.15) is 11.3 Å². The van der Waals surface area contributed by atoms with Crippen LogP contribution < -0.4 is 10.7 Å². The summed E-state index contributed by atoms with van der Waals surface area (Å²) in [5, 5.41) is 7.60. The number of aromatic nitrogens is 1. The van der Waals surface area contributed by atoms with Gasteiger partial charge in [-0.1, -0.05) is 24.3 Å². The molecule has 0 unspecified atom stereocenters. The summed E-state index contributed by atoms with van der Waals surface area (Å²) < 4.78 is 5.36. The highest BCUT2D eigenvalue weighted by Crippen LogP contribution is 2.06. The molecule has 0 amide bonds. The van der Waals surface area contributed by atoms with Crippen molar-refractivity contribution in [1.82, 2.24) is 15.3 Å². The van der Waals surface area contributed by atoms with E-state index in [1.165, 1.54) is 5.56 Å². The van der Waals surface area contributed by atoms with Gasteiger partial charge in [0.15, 0.2) is 5.11 Å². The van der Waals surface area contributed by atoms with Crippen molar-refractivity contribution in [2.45, 2.75) is 6.54 Å². The minimum Gasteiger partial charge on any atom is -0.379 e. The summed E-state index contributed by atoms with van der Waals surface area (Å²) in [5.74, 6) is 0. The van der Waals surface area contributed by atoms with Crippen molar-refractivity contribution in [3.05, 3.63) is 59.9 Å². The summed E-state index contributed by atoms with van der Waals surface area (Å²) in [5.41, 5.74) is 5.67. The molecular weight excluding hydrogens is 334 g/mol. The summed E-state index contributed by atoms with van der Waals surface area (Å²) in [6, 6.07) is 13.7. The first-order valence-electron chi connectivity index (χ1n) is 8.20. The fourth-order valence-corrected chi connectivity index (χ4v) is 2.63. The van der Waals surface area contributed by atoms with Gasteiger partial charge in [-0.2, -0.15) is 5.10 Å². The van der Waals surface area contributed by atoms with Crippen LogP contribution in [0.4, 0.5) is 5.69 Å². The lowest BCUT2D eigenvalue weighted by atomic mass is 10.2. The second kappa shape index (κ2) is 9.22. The Morgan fingerprint density at radius 2 is 2.00 bits per heavy atom. The number of nitrogens with zero attached hydrogens (tertiary/aromatic N) is 3. The first-order valence-corrected chi connectivity index (χ1v) is 8.60. The van der Waals surface area contributed by atoms with Crippen LogP contribution in [-0.2, 0) is 11.3 Å². The van der Waals surface area contributed by atoms with Gasteiger partial charge in [-0.3, -0.25) is 15.3 Å². The molecule has 0 atom stereocenters. The fraction of sp³-hybridized carbons (Fsp3) is 0.278. The molecule has 1 aromatic carbocycles. The maximum absolute atomic E-state index is 5.36. The van der Waals surface area contributed by atoms with Gasteiger partial charge in [0.1, 0.15) is 0 Å². The van der Waals surface area contributed by atoms with E-state index >= 15 is 0 Å². The van der Waals surface area contributed by atoms with E-state index in [1.54, 1.807) is 6.21 Å². The molecule has 25 heavy (non-hydrogen) atoms. The number of nitrogens with one attached hydrogen (secondary N) is 2. The molecule has 0 spiro atoms. The lowest BCUT2D eigenvalue weighted by Gasteiger charge is -2.26. The van der Waals surface area contributed by atoms with E-state index in [-0.39, 0.29) is 0 Å². The van der Waals surface area contributed by atoms with Crippen LogP contribution in [0.15, 0.2) is 53.8 Å². The number of hydrogen-bond donors (Lipinski definition) is 2. The predicted molar refractivity (Wildman–Crippen MR) is 104 cm³/mol. The first kappa shape index (κ1) is 17.5. The van der Waals surface area contributed by atoms with Crippen LogP contribution in [0.2, 0.25) is 0 Å². The van der Waals surface area contributed by atoms with Gasteiger partial charge >= 0.3 is 0 Å². The van der Waals surface area contributed by atoms with Crippen molar-refractivity contribution in [3.8, 4) is 0 Å². The van der Waals surface area contributed by atoms with Crippen molar-refractivity contribution in [2.75, 3.05) is 31.6 Å². The van der Waals surface area contributed by atoms with Gasteiger partial charge in [0.05, 0.1) is 25.1 Å². The summed E-state index contributed by atoms with van der Waals surface area (Å²) >= 11 is 5.19. The largest absolute Gasteiger partial charge is 0.379 e. The molecule has 2 aromatic rings. The third-order valence-electron chi connectivity index (χ3n) is 3.75. The molecule has 3 rings (SSSR count). The normalized spacial score (nSPS) is 15.2. The van der Waals surface area contributed by atoms with Gasteiger partial charge in [0.25, 0.3) is 0 Å². The molecule has 1 fully saturated rings. The Balaban J connectivity index is 1.45. The Morgan fingerprint density at radius 3 is 2.72 bits per heavy atom. The number of thiocarbonyl (C=S) groups is 1. The smallest absolute Gasteiger partial charge is 0.191 e. The number of anilines is 1. The van der Waals surface area contributed by atoms with Crippen LogP contribution in [-0.4, -0.2) is 47.5 Å².